The summed E-state index contributed by atoms with van der Waals surface area (Å²) >= 11 is 0. The van der Waals surface area contributed by atoms with Crippen molar-refractivity contribution >= 4 is 11.6 Å². The van der Waals surface area contributed by atoms with E-state index in [0.29, 0.717) is 11.3 Å². The minimum atomic E-state index is -1.12. The number of ether oxygens (including phenoxy) is 2. The number of pyridine rings is 1. The van der Waals surface area contributed by atoms with E-state index in [4.69, 9.17) is 14.6 Å². The van der Waals surface area contributed by atoms with E-state index in [0.717, 1.165) is 6.07 Å². The molecule has 0 saturated carbocycles. The van der Waals surface area contributed by atoms with Crippen LogP contribution in [-0.4, -0.2) is 46.5 Å². The van der Waals surface area contributed by atoms with Gasteiger partial charge in [0.05, 0.1) is 36.9 Å². The van der Waals surface area contributed by atoms with Gasteiger partial charge in [0.25, 0.3) is 5.91 Å². The molecule has 168 valence electrons. The average Bonchev–Trinajstić information content (AvgIpc) is 2.99. The van der Waals surface area contributed by atoms with Crippen molar-refractivity contribution in [1.82, 2.24) is 4.98 Å². The molecule has 7 nitrogen and oxygen atoms in total. The minimum Gasteiger partial charge on any atom is -0.493 e. The maximum absolute atomic E-state index is 14.4. The van der Waals surface area contributed by atoms with Gasteiger partial charge in [-0.2, -0.15) is 4.39 Å². The fourth-order valence-corrected chi connectivity index (χ4v) is 3.85. The van der Waals surface area contributed by atoms with Gasteiger partial charge in [0.15, 0.2) is 11.6 Å². The number of hydrogen-bond donors (Lipinski definition) is 3. The van der Waals surface area contributed by atoms with Crippen LogP contribution in [0.2, 0.25) is 0 Å². The fraction of sp³-hybridized carbons (Fsp3) is 0.455. The number of hydrogen-bond acceptors (Lipinski definition) is 6. The van der Waals surface area contributed by atoms with E-state index in [2.05, 4.69) is 10.3 Å². The van der Waals surface area contributed by atoms with Crippen LogP contribution in [0.1, 0.15) is 44.1 Å². The number of rotatable bonds is 6. The highest BCUT2D eigenvalue weighted by Crippen LogP contribution is 2.49. The zero-order valence-electron chi connectivity index (χ0n) is 17.7. The summed E-state index contributed by atoms with van der Waals surface area (Å²) in [5.41, 5.74) is 0.252. The molecule has 31 heavy (non-hydrogen) atoms. The Labute approximate surface area is 179 Å². The smallest absolute Gasteiger partial charge is 0.254 e. The van der Waals surface area contributed by atoms with Gasteiger partial charge in [0.1, 0.15) is 12.2 Å². The van der Waals surface area contributed by atoms with Crippen molar-refractivity contribution in [2.75, 3.05) is 19.0 Å². The molecule has 1 aromatic heterocycles. The van der Waals surface area contributed by atoms with Crippen molar-refractivity contribution in [1.29, 1.82) is 0 Å². The second kappa shape index (κ2) is 8.86. The second-order valence-corrected chi connectivity index (χ2v) is 8.10. The predicted octanol–water partition coefficient (Wildman–Crippen LogP) is 2.93. The van der Waals surface area contributed by atoms with Crippen LogP contribution >= 0.6 is 0 Å². The van der Waals surface area contributed by atoms with Gasteiger partial charge in [-0.3, -0.25) is 9.78 Å². The number of carbonyl (C=O) groups excluding carboxylic acids is 1. The number of methoxy groups -OCH3 is 1. The normalized spacial score (nSPS) is 23.4. The average molecular weight is 436 g/mol. The quantitative estimate of drug-likeness (QED) is 0.644. The largest absolute Gasteiger partial charge is 0.493 e. The summed E-state index contributed by atoms with van der Waals surface area (Å²) in [5.74, 6) is -3.70. The molecule has 0 unspecified atom stereocenters. The highest BCUT2D eigenvalue weighted by Gasteiger charge is 2.51. The Morgan fingerprint density at radius 1 is 1.32 bits per heavy atom. The van der Waals surface area contributed by atoms with Crippen LogP contribution in [0, 0.1) is 17.6 Å². The summed E-state index contributed by atoms with van der Waals surface area (Å²) in [6.07, 6.45) is -0.760. The van der Waals surface area contributed by atoms with Crippen molar-refractivity contribution in [3.8, 4) is 5.75 Å². The van der Waals surface area contributed by atoms with Crippen LogP contribution < -0.4 is 10.1 Å². The monoisotopic (exact) mass is 436 g/mol. The van der Waals surface area contributed by atoms with E-state index in [9.17, 15) is 18.7 Å². The summed E-state index contributed by atoms with van der Waals surface area (Å²) < 4.78 is 39.2. The maximum atomic E-state index is 14.4. The molecule has 1 aliphatic heterocycles. The van der Waals surface area contributed by atoms with Crippen LogP contribution in [0.15, 0.2) is 30.5 Å². The molecule has 0 spiro atoms. The lowest BCUT2D eigenvalue weighted by atomic mass is 9.78. The SMILES string of the molecule is COc1c([C@H]2[C@H](C(=O)Nc3ccc([C@H](O)CO)nc3)OC(C)(C)[C@H]2C)ccc(F)c1F. The molecule has 1 aromatic carbocycles. The number of nitrogens with zero attached hydrogens (tertiary/aromatic N) is 1. The molecule has 3 rings (SSSR count). The van der Waals surface area contributed by atoms with E-state index >= 15 is 0 Å². The van der Waals surface area contributed by atoms with Gasteiger partial charge in [-0.25, -0.2) is 4.39 Å². The summed E-state index contributed by atoms with van der Waals surface area (Å²) in [4.78, 5) is 17.1. The molecule has 1 amide bonds. The van der Waals surface area contributed by atoms with Gasteiger partial charge in [-0.05, 0) is 38.0 Å². The molecule has 1 saturated heterocycles. The van der Waals surface area contributed by atoms with E-state index in [1.165, 1.54) is 31.5 Å². The highest BCUT2D eigenvalue weighted by molar-refractivity contribution is 5.95. The first-order chi connectivity index (χ1) is 14.6. The van der Waals surface area contributed by atoms with Crippen molar-refractivity contribution in [2.45, 2.75) is 44.5 Å². The Bertz CT molecular complexity index is 952. The molecule has 0 radical (unpaired) electrons. The second-order valence-electron chi connectivity index (χ2n) is 8.10. The predicted molar refractivity (Wildman–Crippen MR) is 109 cm³/mol. The molecule has 9 heteroatoms. The van der Waals surface area contributed by atoms with Crippen molar-refractivity contribution < 1.29 is 33.3 Å². The molecular weight excluding hydrogens is 410 g/mol. The lowest BCUT2D eigenvalue weighted by Gasteiger charge is -2.25. The Hall–Kier alpha value is -2.62. The van der Waals surface area contributed by atoms with Crippen molar-refractivity contribution in [3.63, 3.8) is 0 Å². The van der Waals surface area contributed by atoms with Gasteiger partial charge in [-0.1, -0.05) is 13.0 Å². The summed E-state index contributed by atoms with van der Waals surface area (Å²) in [5, 5.41) is 21.3. The zero-order chi connectivity index (χ0) is 22.9. The molecule has 2 aromatic rings. The summed E-state index contributed by atoms with van der Waals surface area (Å²) in [6.45, 7) is 5.07. The Morgan fingerprint density at radius 2 is 2.03 bits per heavy atom. The lowest BCUT2D eigenvalue weighted by molar-refractivity contribution is -0.131. The molecule has 0 aliphatic carbocycles. The fourth-order valence-electron chi connectivity index (χ4n) is 3.85. The summed E-state index contributed by atoms with van der Waals surface area (Å²) in [6, 6.07) is 5.44. The first-order valence-corrected chi connectivity index (χ1v) is 9.86. The van der Waals surface area contributed by atoms with Crippen LogP contribution in [-0.2, 0) is 9.53 Å². The number of halogens is 2. The minimum absolute atomic E-state index is 0.220. The van der Waals surface area contributed by atoms with Crippen LogP contribution in [0.5, 0.6) is 5.75 Å². The standard InChI is InChI=1S/C22H26F2N2O5/c1-11-17(13-6-7-14(23)18(24)19(13)30-4)20(31-22(11,2)3)21(29)26-12-5-8-15(25-9-12)16(28)10-27/h5-9,11,16-17,20,27-28H,10H2,1-4H3,(H,26,29)/t11-,16+,17-,20+/m0/s1. The number of anilines is 1. The third-order valence-electron chi connectivity index (χ3n) is 5.86. The van der Waals surface area contributed by atoms with Gasteiger partial charge >= 0.3 is 0 Å². The van der Waals surface area contributed by atoms with E-state index in [-0.39, 0.29) is 17.4 Å². The maximum Gasteiger partial charge on any atom is 0.254 e. The van der Waals surface area contributed by atoms with Crippen molar-refractivity contribution in [2.24, 2.45) is 5.92 Å². The molecular formula is C22H26F2N2O5. The zero-order valence-corrected chi connectivity index (χ0v) is 17.7. The number of carbonyl (C=O) groups is 1. The van der Waals surface area contributed by atoms with E-state index in [1.807, 2.05) is 20.8 Å². The van der Waals surface area contributed by atoms with Gasteiger partial charge in [0, 0.05) is 11.5 Å². The first kappa shape index (κ1) is 23.1. The number of aliphatic hydroxyl groups is 2. The number of nitrogens with one attached hydrogen (secondary N) is 1. The van der Waals surface area contributed by atoms with Gasteiger partial charge in [0.2, 0.25) is 5.82 Å². The number of benzene rings is 1. The molecule has 3 N–H and O–H groups in total. The van der Waals surface area contributed by atoms with Gasteiger partial charge < -0.3 is 25.0 Å². The molecule has 1 fully saturated rings. The van der Waals surface area contributed by atoms with Gasteiger partial charge in [-0.15, -0.1) is 0 Å². The van der Waals surface area contributed by atoms with Crippen LogP contribution in [0.3, 0.4) is 0 Å². The number of aromatic nitrogens is 1. The van der Waals surface area contributed by atoms with Crippen molar-refractivity contribution in [3.05, 3.63) is 53.4 Å². The Kier molecular flexibility index (Phi) is 6.59. The first-order valence-electron chi connectivity index (χ1n) is 9.86. The Balaban J connectivity index is 1.91. The molecule has 0 bridgehead atoms. The van der Waals surface area contributed by atoms with E-state index < -0.39 is 47.9 Å². The van der Waals surface area contributed by atoms with E-state index in [1.54, 1.807) is 0 Å². The Morgan fingerprint density at radius 3 is 2.61 bits per heavy atom. The molecule has 1 aliphatic rings. The molecule has 2 heterocycles. The third kappa shape index (κ3) is 4.39. The van der Waals surface area contributed by atoms with Crippen LogP contribution in [0.4, 0.5) is 14.5 Å². The van der Waals surface area contributed by atoms with Crippen LogP contribution in [0.25, 0.3) is 0 Å². The topological polar surface area (TPSA) is 101 Å². The number of amides is 1. The number of aliphatic hydroxyl groups excluding tert-OH is 2. The highest BCUT2D eigenvalue weighted by atomic mass is 19.2. The lowest BCUT2D eigenvalue weighted by Crippen LogP contribution is -2.33. The molecule has 4 atom stereocenters. The third-order valence-corrected chi connectivity index (χ3v) is 5.86. The summed E-state index contributed by atoms with van der Waals surface area (Å²) in [7, 11) is 1.25.